The summed E-state index contributed by atoms with van der Waals surface area (Å²) in [7, 11) is -1.39. The Labute approximate surface area is 71.0 Å². The minimum absolute atomic E-state index is 0.474. The first-order valence-electron chi connectivity index (χ1n) is 4.17. The SMILES string of the molecule is OB(O)c1cnn(C2CCC2)c1. The van der Waals surface area contributed by atoms with Crippen LogP contribution in [-0.2, 0) is 0 Å². The average molecular weight is 166 g/mol. The molecule has 5 heteroatoms. The predicted octanol–water partition coefficient (Wildman–Crippen LogP) is -0.712. The van der Waals surface area contributed by atoms with Crippen molar-refractivity contribution >= 4 is 12.6 Å². The van der Waals surface area contributed by atoms with Crippen LogP contribution in [0.4, 0.5) is 0 Å². The molecule has 1 fully saturated rings. The summed E-state index contributed by atoms with van der Waals surface area (Å²) < 4.78 is 1.82. The minimum Gasteiger partial charge on any atom is -0.423 e. The molecule has 1 aliphatic carbocycles. The number of rotatable bonds is 2. The van der Waals surface area contributed by atoms with Gasteiger partial charge in [-0.3, -0.25) is 4.68 Å². The third-order valence-electron chi connectivity index (χ3n) is 2.37. The molecule has 1 heterocycles. The van der Waals surface area contributed by atoms with Gasteiger partial charge in [0, 0.05) is 17.9 Å². The largest absolute Gasteiger partial charge is 0.491 e. The Morgan fingerprint density at radius 3 is 2.67 bits per heavy atom. The van der Waals surface area contributed by atoms with Crippen molar-refractivity contribution < 1.29 is 10.0 Å². The molecule has 0 atom stereocenters. The van der Waals surface area contributed by atoms with Gasteiger partial charge in [-0.05, 0) is 19.3 Å². The summed E-state index contributed by atoms with van der Waals surface area (Å²) in [5.41, 5.74) is 0.474. The summed E-state index contributed by atoms with van der Waals surface area (Å²) in [4.78, 5) is 0. The fourth-order valence-corrected chi connectivity index (χ4v) is 1.34. The molecule has 0 spiro atoms. The number of hydrogen-bond acceptors (Lipinski definition) is 3. The molecule has 0 radical (unpaired) electrons. The first kappa shape index (κ1) is 7.82. The van der Waals surface area contributed by atoms with Gasteiger partial charge in [-0.25, -0.2) is 0 Å². The second-order valence-corrected chi connectivity index (χ2v) is 3.21. The Morgan fingerprint density at radius 2 is 2.25 bits per heavy atom. The zero-order chi connectivity index (χ0) is 8.55. The van der Waals surface area contributed by atoms with Crippen molar-refractivity contribution in [2.75, 3.05) is 0 Å². The predicted molar refractivity (Wildman–Crippen MR) is 44.9 cm³/mol. The molecule has 0 amide bonds. The first-order valence-corrected chi connectivity index (χ1v) is 4.17. The van der Waals surface area contributed by atoms with Gasteiger partial charge in [-0.15, -0.1) is 0 Å². The van der Waals surface area contributed by atoms with E-state index in [1.54, 1.807) is 6.20 Å². The lowest BCUT2D eigenvalue weighted by Crippen LogP contribution is -2.29. The molecule has 0 aromatic carbocycles. The van der Waals surface area contributed by atoms with Crippen LogP contribution in [0.2, 0.25) is 0 Å². The smallest absolute Gasteiger partial charge is 0.423 e. The van der Waals surface area contributed by atoms with Crippen molar-refractivity contribution in [3.8, 4) is 0 Å². The summed E-state index contributed by atoms with van der Waals surface area (Å²) >= 11 is 0. The molecule has 4 nitrogen and oxygen atoms in total. The lowest BCUT2D eigenvalue weighted by molar-refractivity contribution is 0.289. The van der Waals surface area contributed by atoms with Crippen LogP contribution in [0.15, 0.2) is 12.4 Å². The summed E-state index contributed by atoms with van der Waals surface area (Å²) in [5, 5.41) is 21.7. The third kappa shape index (κ3) is 1.25. The van der Waals surface area contributed by atoms with E-state index in [1.165, 1.54) is 12.6 Å². The Morgan fingerprint density at radius 1 is 1.50 bits per heavy atom. The molecule has 2 rings (SSSR count). The molecule has 1 aromatic rings. The number of hydrogen-bond donors (Lipinski definition) is 2. The molecule has 1 saturated carbocycles. The van der Waals surface area contributed by atoms with Crippen LogP contribution in [0.25, 0.3) is 0 Å². The van der Waals surface area contributed by atoms with Gasteiger partial charge in [0.15, 0.2) is 0 Å². The molecular weight excluding hydrogens is 155 g/mol. The summed E-state index contributed by atoms with van der Waals surface area (Å²) in [5.74, 6) is 0. The molecule has 0 saturated heterocycles. The highest BCUT2D eigenvalue weighted by Gasteiger charge is 2.22. The van der Waals surface area contributed by atoms with Gasteiger partial charge in [-0.1, -0.05) is 0 Å². The van der Waals surface area contributed by atoms with Gasteiger partial charge >= 0.3 is 7.12 Å². The maximum absolute atomic E-state index is 8.81. The molecule has 1 aromatic heterocycles. The van der Waals surface area contributed by atoms with Crippen molar-refractivity contribution in [1.29, 1.82) is 0 Å². The zero-order valence-electron chi connectivity index (χ0n) is 6.72. The Hall–Kier alpha value is -0.805. The van der Waals surface area contributed by atoms with Gasteiger partial charge in [-0.2, -0.15) is 5.10 Å². The maximum Gasteiger partial charge on any atom is 0.491 e. The molecule has 0 bridgehead atoms. The molecule has 0 unspecified atom stereocenters. The van der Waals surface area contributed by atoms with Crippen molar-refractivity contribution in [3.05, 3.63) is 12.4 Å². The fraction of sp³-hybridized carbons (Fsp3) is 0.571. The average Bonchev–Trinajstić information content (AvgIpc) is 2.32. The molecule has 2 N–H and O–H groups in total. The van der Waals surface area contributed by atoms with E-state index in [1.807, 2.05) is 4.68 Å². The van der Waals surface area contributed by atoms with E-state index >= 15 is 0 Å². The summed E-state index contributed by atoms with van der Waals surface area (Å²) in [6.45, 7) is 0. The lowest BCUT2D eigenvalue weighted by Gasteiger charge is -2.25. The maximum atomic E-state index is 8.81. The van der Waals surface area contributed by atoms with Crippen LogP contribution in [0.5, 0.6) is 0 Å². The normalized spacial score (nSPS) is 17.5. The molecule has 1 aliphatic rings. The Kier molecular flexibility index (Phi) is 1.90. The van der Waals surface area contributed by atoms with Gasteiger partial charge in [0.05, 0.1) is 6.04 Å². The van der Waals surface area contributed by atoms with E-state index in [-0.39, 0.29) is 0 Å². The quantitative estimate of drug-likeness (QED) is 0.570. The molecule has 12 heavy (non-hydrogen) atoms. The lowest BCUT2D eigenvalue weighted by atomic mass is 9.83. The van der Waals surface area contributed by atoms with E-state index in [4.69, 9.17) is 10.0 Å². The zero-order valence-corrected chi connectivity index (χ0v) is 6.72. The third-order valence-corrected chi connectivity index (χ3v) is 2.37. The highest BCUT2D eigenvalue weighted by molar-refractivity contribution is 6.58. The second-order valence-electron chi connectivity index (χ2n) is 3.21. The molecular formula is C7H11BN2O2. The summed E-state index contributed by atoms with van der Waals surface area (Å²) in [6.07, 6.45) is 6.77. The van der Waals surface area contributed by atoms with Crippen LogP contribution in [0.1, 0.15) is 25.3 Å². The van der Waals surface area contributed by atoms with E-state index in [0.717, 1.165) is 12.8 Å². The second kappa shape index (κ2) is 2.92. The molecule has 0 aliphatic heterocycles. The van der Waals surface area contributed by atoms with Gasteiger partial charge < -0.3 is 10.0 Å². The highest BCUT2D eigenvalue weighted by atomic mass is 16.4. The van der Waals surface area contributed by atoms with E-state index < -0.39 is 7.12 Å². The standard InChI is InChI=1S/C7H11BN2O2/c11-8(12)6-4-9-10(5-6)7-2-1-3-7/h4-5,7,11-12H,1-3H2. The van der Waals surface area contributed by atoms with E-state index in [2.05, 4.69) is 5.10 Å². The van der Waals surface area contributed by atoms with Crippen molar-refractivity contribution in [3.63, 3.8) is 0 Å². The van der Waals surface area contributed by atoms with Crippen LogP contribution in [-0.4, -0.2) is 26.9 Å². The van der Waals surface area contributed by atoms with Gasteiger partial charge in [0.2, 0.25) is 0 Å². The molecule has 64 valence electrons. The summed E-state index contributed by atoms with van der Waals surface area (Å²) in [6, 6.07) is 0.484. The number of aromatic nitrogens is 2. The van der Waals surface area contributed by atoms with Crippen LogP contribution in [0.3, 0.4) is 0 Å². The van der Waals surface area contributed by atoms with Gasteiger partial charge in [0.1, 0.15) is 0 Å². The van der Waals surface area contributed by atoms with Crippen molar-refractivity contribution in [2.45, 2.75) is 25.3 Å². The van der Waals surface area contributed by atoms with Crippen LogP contribution >= 0.6 is 0 Å². The first-order chi connectivity index (χ1) is 5.77. The Balaban J connectivity index is 2.12. The van der Waals surface area contributed by atoms with E-state index in [9.17, 15) is 0 Å². The fourth-order valence-electron chi connectivity index (χ4n) is 1.34. The monoisotopic (exact) mass is 166 g/mol. The van der Waals surface area contributed by atoms with Crippen LogP contribution in [0, 0.1) is 0 Å². The highest BCUT2D eigenvalue weighted by Crippen LogP contribution is 2.29. The van der Waals surface area contributed by atoms with Gasteiger partial charge in [0.25, 0.3) is 0 Å². The van der Waals surface area contributed by atoms with Crippen molar-refractivity contribution in [2.24, 2.45) is 0 Å². The topological polar surface area (TPSA) is 58.3 Å². The van der Waals surface area contributed by atoms with E-state index in [0.29, 0.717) is 11.5 Å². The minimum atomic E-state index is -1.39. The number of nitrogens with zero attached hydrogens (tertiary/aromatic N) is 2. The van der Waals surface area contributed by atoms with Crippen LogP contribution < -0.4 is 5.46 Å². The Bertz CT molecular complexity index is 270. The van der Waals surface area contributed by atoms with Crippen molar-refractivity contribution in [1.82, 2.24) is 9.78 Å².